The topological polar surface area (TPSA) is 63.2 Å². The van der Waals surface area contributed by atoms with Gasteiger partial charge in [0.2, 0.25) is 11.8 Å². The van der Waals surface area contributed by atoms with Crippen molar-refractivity contribution >= 4 is 17.3 Å². The van der Waals surface area contributed by atoms with E-state index in [9.17, 15) is 4.79 Å². The van der Waals surface area contributed by atoms with Crippen LogP contribution in [0.15, 0.2) is 42.6 Å². The molecule has 21 heavy (non-hydrogen) atoms. The zero-order valence-electron chi connectivity index (χ0n) is 12.2. The Morgan fingerprint density at radius 1 is 1.14 bits per heavy atom. The van der Waals surface area contributed by atoms with Crippen molar-refractivity contribution in [2.45, 2.75) is 13.8 Å². The van der Waals surface area contributed by atoms with Crippen LogP contribution in [0.5, 0.6) is 5.88 Å². The van der Waals surface area contributed by atoms with Crippen LogP contribution < -0.4 is 15.4 Å². The third-order valence-corrected chi connectivity index (χ3v) is 2.82. The first-order valence-corrected chi connectivity index (χ1v) is 6.86. The van der Waals surface area contributed by atoms with E-state index in [0.717, 1.165) is 16.9 Å². The van der Waals surface area contributed by atoms with Crippen LogP contribution in [0.4, 0.5) is 11.4 Å². The van der Waals surface area contributed by atoms with E-state index in [2.05, 4.69) is 15.6 Å². The minimum atomic E-state index is -0.104. The molecule has 0 spiro atoms. The quantitative estimate of drug-likeness (QED) is 0.856. The Kier molecular flexibility index (Phi) is 5.15. The Hall–Kier alpha value is -2.56. The van der Waals surface area contributed by atoms with Crippen LogP contribution >= 0.6 is 0 Å². The van der Waals surface area contributed by atoms with Crippen LogP contribution in [0.3, 0.4) is 0 Å². The summed E-state index contributed by atoms with van der Waals surface area (Å²) in [6, 6.07) is 11.3. The smallest absolute Gasteiger partial charge is 0.243 e. The Labute approximate surface area is 124 Å². The fraction of sp³-hybridized carbons (Fsp3) is 0.250. The third kappa shape index (κ3) is 4.80. The fourth-order valence-electron chi connectivity index (χ4n) is 1.74. The van der Waals surface area contributed by atoms with E-state index in [4.69, 9.17) is 4.74 Å². The highest BCUT2D eigenvalue weighted by atomic mass is 16.5. The maximum atomic E-state index is 11.8. The Bertz CT molecular complexity index is 579. The molecule has 0 aliphatic rings. The van der Waals surface area contributed by atoms with E-state index in [1.54, 1.807) is 12.3 Å². The number of hydrogen-bond donors (Lipinski definition) is 2. The molecule has 0 saturated carbocycles. The van der Waals surface area contributed by atoms with Crippen molar-refractivity contribution in [3.63, 3.8) is 0 Å². The lowest BCUT2D eigenvalue weighted by Crippen LogP contribution is -2.21. The molecule has 0 atom stereocenters. The monoisotopic (exact) mass is 285 g/mol. The van der Waals surface area contributed by atoms with Gasteiger partial charge < -0.3 is 15.4 Å². The molecule has 1 aromatic carbocycles. The first-order valence-electron chi connectivity index (χ1n) is 6.86. The molecular formula is C16H19N3O2. The molecule has 0 saturated heterocycles. The largest absolute Gasteiger partial charge is 0.478 e. The summed E-state index contributed by atoms with van der Waals surface area (Å²) in [4.78, 5) is 15.9. The second kappa shape index (κ2) is 7.28. The van der Waals surface area contributed by atoms with Crippen LogP contribution in [-0.4, -0.2) is 24.0 Å². The lowest BCUT2D eigenvalue weighted by atomic mass is 10.2. The van der Waals surface area contributed by atoms with Gasteiger partial charge >= 0.3 is 0 Å². The van der Waals surface area contributed by atoms with Crippen LogP contribution in [0.1, 0.15) is 12.5 Å². The maximum Gasteiger partial charge on any atom is 0.243 e. The number of pyridine rings is 1. The van der Waals surface area contributed by atoms with Gasteiger partial charge in [-0.25, -0.2) is 4.98 Å². The van der Waals surface area contributed by atoms with E-state index >= 15 is 0 Å². The molecule has 5 nitrogen and oxygen atoms in total. The number of rotatable bonds is 6. The Morgan fingerprint density at radius 2 is 1.86 bits per heavy atom. The highest BCUT2D eigenvalue weighted by Crippen LogP contribution is 2.12. The van der Waals surface area contributed by atoms with Gasteiger partial charge in [0.1, 0.15) is 0 Å². The van der Waals surface area contributed by atoms with Gasteiger partial charge in [0.15, 0.2) is 0 Å². The zero-order chi connectivity index (χ0) is 15.1. The van der Waals surface area contributed by atoms with Crippen molar-refractivity contribution in [1.29, 1.82) is 0 Å². The predicted octanol–water partition coefficient (Wildman–Crippen LogP) is 2.84. The molecule has 2 aromatic rings. The van der Waals surface area contributed by atoms with Gasteiger partial charge in [0, 0.05) is 11.8 Å². The van der Waals surface area contributed by atoms with Crippen molar-refractivity contribution in [2.75, 3.05) is 23.8 Å². The predicted molar refractivity (Wildman–Crippen MR) is 83.7 cm³/mol. The number of carbonyl (C=O) groups excluding carboxylic acids is 1. The van der Waals surface area contributed by atoms with E-state index < -0.39 is 0 Å². The normalized spacial score (nSPS) is 10.0. The number of ether oxygens (including phenoxy) is 1. The summed E-state index contributed by atoms with van der Waals surface area (Å²) >= 11 is 0. The average molecular weight is 285 g/mol. The van der Waals surface area contributed by atoms with Crippen LogP contribution in [-0.2, 0) is 4.79 Å². The summed E-state index contributed by atoms with van der Waals surface area (Å²) in [6.45, 7) is 4.68. The molecule has 0 aliphatic carbocycles. The highest BCUT2D eigenvalue weighted by Gasteiger charge is 2.02. The highest BCUT2D eigenvalue weighted by molar-refractivity contribution is 5.93. The number of nitrogens with one attached hydrogen (secondary N) is 2. The molecule has 5 heteroatoms. The maximum absolute atomic E-state index is 11.8. The number of amides is 1. The minimum absolute atomic E-state index is 0.104. The van der Waals surface area contributed by atoms with Gasteiger partial charge in [-0.15, -0.1) is 0 Å². The molecule has 0 aliphatic heterocycles. The summed E-state index contributed by atoms with van der Waals surface area (Å²) in [6.07, 6.45) is 1.64. The van der Waals surface area contributed by atoms with Crippen LogP contribution in [0.25, 0.3) is 0 Å². The van der Waals surface area contributed by atoms with Crippen molar-refractivity contribution < 1.29 is 9.53 Å². The number of aromatic nitrogens is 1. The number of hydrogen-bond acceptors (Lipinski definition) is 4. The lowest BCUT2D eigenvalue weighted by Gasteiger charge is -2.08. The number of aryl methyl sites for hydroxylation is 1. The molecule has 1 heterocycles. The van der Waals surface area contributed by atoms with Crippen molar-refractivity contribution in [3.05, 3.63) is 48.2 Å². The lowest BCUT2D eigenvalue weighted by molar-refractivity contribution is -0.114. The second-order valence-corrected chi connectivity index (χ2v) is 4.59. The summed E-state index contributed by atoms with van der Waals surface area (Å²) in [5, 5.41) is 5.84. The molecule has 2 rings (SSSR count). The van der Waals surface area contributed by atoms with Gasteiger partial charge in [-0.05, 0) is 32.0 Å². The van der Waals surface area contributed by atoms with Crippen molar-refractivity contribution in [1.82, 2.24) is 4.98 Å². The molecule has 0 radical (unpaired) electrons. The number of nitrogens with zero attached hydrogens (tertiary/aromatic N) is 1. The zero-order valence-corrected chi connectivity index (χ0v) is 12.2. The van der Waals surface area contributed by atoms with Gasteiger partial charge in [0.05, 0.1) is 25.0 Å². The molecule has 0 fully saturated rings. The molecule has 0 unspecified atom stereocenters. The van der Waals surface area contributed by atoms with Gasteiger partial charge in [0.25, 0.3) is 0 Å². The standard InChI is InChI=1S/C16H19N3O2/c1-3-21-16-9-8-14(10-18-16)17-11-15(20)19-13-6-4-12(2)5-7-13/h4-10,17H,3,11H2,1-2H3,(H,19,20). The van der Waals surface area contributed by atoms with Gasteiger partial charge in [-0.3, -0.25) is 4.79 Å². The number of anilines is 2. The van der Waals surface area contributed by atoms with Crippen LogP contribution in [0.2, 0.25) is 0 Å². The SMILES string of the molecule is CCOc1ccc(NCC(=O)Nc2ccc(C)cc2)cn1. The third-order valence-electron chi connectivity index (χ3n) is 2.82. The van der Waals surface area contributed by atoms with Crippen molar-refractivity contribution in [3.8, 4) is 5.88 Å². The average Bonchev–Trinajstić information content (AvgIpc) is 2.49. The molecule has 1 amide bonds. The molecular weight excluding hydrogens is 266 g/mol. The fourth-order valence-corrected chi connectivity index (χ4v) is 1.74. The van der Waals surface area contributed by atoms with Crippen molar-refractivity contribution in [2.24, 2.45) is 0 Å². The Morgan fingerprint density at radius 3 is 2.48 bits per heavy atom. The van der Waals surface area contributed by atoms with E-state index in [1.807, 2.05) is 44.2 Å². The van der Waals surface area contributed by atoms with E-state index in [-0.39, 0.29) is 12.5 Å². The van der Waals surface area contributed by atoms with E-state index in [0.29, 0.717) is 12.5 Å². The van der Waals surface area contributed by atoms with Gasteiger partial charge in [-0.2, -0.15) is 0 Å². The summed E-state index contributed by atoms with van der Waals surface area (Å²) in [5.74, 6) is 0.472. The summed E-state index contributed by atoms with van der Waals surface area (Å²) in [7, 11) is 0. The number of benzene rings is 1. The molecule has 2 N–H and O–H groups in total. The van der Waals surface area contributed by atoms with Gasteiger partial charge in [-0.1, -0.05) is 17.7 Å². The minimum Gasteiger partial charge on any atom is -0.478 e. The second-order valence-electron chi connectivity index (χ2n) is 4.59. The Balaban J connectivity index is 1.81. The van der Waals surface area contributed by atoms with Crippen LogP contribution in [0, 0.1) is 6.92 Å². The summed E-state index contributed by atoms with van der Waals surface area (Å²) < 4.78 is 5.26. The first kappa shape index (κ1) is 14.8. The number of carbonyl (C=O) groups is 1. The van der Waals surface area contributed by atoms with E-state index in [1.165, 1.54) is 0 Å². The first-order chi connectivity index (χ1) is 10.2. The summed E-state index contributed by atoms with van der Waals surface area (Å²) in [5.41, 5.74) is 2.72. The molecule has 110 valence electrons. The molecule has 1 aromatic heterocycles. The molecule has 0 bridgehead atoms.